The summed E-state index contributed by atoms with van der Waals surface area (Å²) in [4.78, 5) is 31.8. The Hall–Kier alpha value is -3.25. The molecule has 9 heteroatoms. The zero-order chi connectivity index (χ0) is 37.8. The van der Waals surface area contributed by atoms with Gasteiger partial charge < -0.3 is 23.4 Å². The molecule has 1 aliphatic heterocycles. The molecule has 1 heterocycles. The van der Waals surface area contributed by atoms with Crippen LogP contribution in [0.15, 0.2) is 91.0 Å². The first-order chi connectivity index (χ1) is 24.8. The summed E-state index contributed by atoms with van der Waals surface area (Å²) in [5.74, 6) is -0.183. The van der Waals surface area contributed by atoms with Gasteiger partial charge in [-0.05, 0) is 65.8 Å². The first kappa shape index (κ1) is 41.5. The molecule has 2 amide bonds. The van der Waals surface area contributed by atoms with Gasteiger partial charge in [-0.15, -0.1) is 0 Å². The Kier molecular flexibility index (Phi) is 15.3. The van der Waals surface area contributed by atoms with Crippen molar-refractivity contribution in [2.75, 3.05) is 6.61 Å². The van der Waals surface area contributed by atoms with Crippen LogP contribution in [0.3, 0.4) is 0 Å². The van der Waals surface area contributed by atoms with E-state index in [-0.39, 0.29) is 41.8 Å². The van der Waals surface area contributed by atoms with Crippen LogP contribution in [0.1, 0.15) is 83.9 Å². The van der Waals surface area contributed by atoms with E-state index in [9.17, 15) is 9.59 Å². The topological polar surface area (TPSA) is 68.3 Å². The van der Waals surface area contributed by atoms with Crippen LogP contribution in [-0.4, -0.2) is 63.2 Å². The van der Waals surface area contributed by atoms with Gasteiger partial charge in [0.25, 0.3) is 0 Å². The van der Waals surface area contributed by atoms with E-state index < -0.39 is 16.6 Å². The number of urea groups is 1. The molecule has 0 aliphatic carbocycles. The lowest BCUT2D eigenvalue weighted by Crippen LogP contribution is -2.54. The molecule has 3 unspecified atom stereocenters. The van der Waals surface area contributed by atoms with Crippen LogP contribution >= 0.6 is 0 Å². The second kappa shape index (κ2) is 19.2. The molecule has 0 aromatic heterocycles. The van der Waals surface area contributed by atoms with E-state index in [2.05, 4.69) is 88.7 Å². The average molecular weight is 745 g/mol. The van der Waals surface area contributed by atoms with Gasteiger partial charge in [0.2, 0.25) is 0 Å². The largest absolute Gasteiger partial charge is 0.461 e. The van der Waals surface area contributed by atoms with Crippen molar-refractivity contribution in [1.82, 2.24) is 9.80 Å². The summed E-state index contributed by atoms with van der Waals surface area (Å²) < 4.78 is 20.1. The molecule has 4 rings (SSSR count). The van der Waals surface area contributed by atoms with Gasteiger partial charge in [0.05, 0.1) is 24.8 Å². The minimum Gasteiger partial charge on any atom is -0.461 e. The van der Waals surface area contributed by atoms with Gasteiger partial charge in [-0.25, -0.2) is 4.79 Å². The van der Waals surface area contributed by atoms with Crippen LogP contribution < -0.4 is 0 Å². The van der Waals surface area contributed by atoms with Crippen molar-refractivity contribution < 1.29 is 23.2 Å². The standard InChI is InChI=1S/C43H64N2O5Si2/c1-9-52(10-2,11-3)50-39(29-21-22-30-40(46)48-33-37-27-19-14-20-28-37)41-38(34-49-51(7,8)43(4,5)6)44(31-35-23-15-12-16-24-35)42(47)45(41)32-36-25-17-13-18-26-36/h12-20,23-28,38-39,41H,9-11,21-22,29-34H2,1-8H3. The second-order valence-corrected chi connectivity index (χ2v) is 25.5. The summed E-state index contributed by atoms with van der Waals surface area (Å²) in [6.07, 6.45) is 2.40. The highest BCUT2D eigenvalue weighted by molar-refractivity contribution is 6.74. The molecule has 0 N–H and O–H groups in total. The maximum absolute atomic E-state index is 14.8. The number of rotatable bonds is 20. The fraction of sp³-hybridized carbons (Fsp3) is 0.535. The number of ether oxygens (including phenoxy) is 1. The molecule has 0 bridgehead atoms. The van der Waals surface area contributed by atoms with Gasteiger partial charge in [0.15, 0.2) is 16.6 Å². The van der Waals surface area contributed by atoms with Crippen molar-refractivity contribution in [3.05, 3.63) is 108 Å². The summed E-state index contributed by atoms with van der Waals surface area (Å²) in [6.45, 7) is 19.9. The highest BCUT2D eigenvalue weighted by Crippen LogP contribution is 2.40. The maximum Gasteiger partial charge on any atom is 0.321 e. The van der Waals surface area contributed by atoms with Crippen LogP contribution in [0, 0.1) is 0 Å². The number of carbonyl (C=O) groups is 2. The Morgan fingerprint density at radius 2 is 1.25 bits per heavy atom. The maximum atomic E-state index is 14.8. The molecule has 7 nitrogen and oxygen atoms in total. The van der Waals surface area contributed by atoms with E-state index in [0.29, 0.717) is 32.5 Å². The molecule has 284 valence electrons. The lowest BCUT2D eigenvalue weighted by Gasteiger charge is -2.42. The molecular formula is C43H64N2O5Si2. The number of carbonyl (C=O) groups excluding carboxylic acids is 2. The molecule has 3 aromatic rings. The van der Waals surface area contributed by atoms with Crippen LogP contribution in [0.25, 0.3) is 0 Å². The molecule has 0 spiro atoms. The highest BCUT2D eigenvalue weighted by atomic mass is 28.4. The third-order valence-corrected chi connectivity index (χ3v) is 20.7. The van der Waals surface area contributed by atoms with Gasteiger partial charge >= 0.3 is 12.0 Å². The lowest BCUT2D eigenvalue weighted by atomic mass is 9.96. The number of benzene rings is 3. The number of hydrogen-bond donors (Lipinski definition) is 0. The zero-order valence-corrected chi connectivity index (χ0v) is 35.1. The number of nitrogens with zero attached hydrogens (tertiary/aromatic N) is 2. The summed E-state index contributed by atoms with van der Waals surface area (Å²) in [5.41, 5.74) is 3.18. The number of esters is 1. The van der Waals surface area contributed by atoms with Gasteiger partial charge in [-0.1, -0.05) is 139 Å². The molecule has 0 saturated carbocycles. The number of hydrogen-bond acceptors (Lipinski definition) is 5. The molecule has 1 fully saturated rings. The van der Waals surface area contributed by atoms with Crippen molar-refractivity contribution in [3.8, 4) is 0 Å². The van der Waals surface area contributed by atoms with Crippen molar-refractivity contribution in [3.63, 3.8) is 0 Å². The van der Waals surface area contributed by atoms with Crippen molar-refractivity contribution >= 4 is 28.6 Å². The van der Waals surface area contributed by atoms with E-state index in [1.807, 2.05) is 66.7 Å². The minimum atomic E-state index is -2.16. The van der Waals surface area contributed by atoms with E-state index in [4.69, 9.17) is 13.6 Å². The van der Waals surface area contributed by atoms with Crippen LogP contribution in [0.5, 0.6) is 0 Å². The van der Waals surface area contributed by atoms with E-state index in [1.165, 1.54) is 0 Å². The molecule has 0 radical (unpaired) electrons. The first-order valence-electron chi connectivity index (χ1n) is 19.5. The van der Waals surface area contributed by atoms with Crippen molar-refractivity contribution in [2.24, 2.45) is 0 Å². The third kappa shape index (κ3) is 11.1. The third-order valence-electron chi connectivity index (χ3n) is 11.5. The minimum absolute atomic E-state index is 0.0244. The number of amides is 2. The van der Waals surface area contributed by atoms with E-state index in [0.717, 1.165) is 47.7 Å². The fourth-order valence-electron chi connectivity index (χ4n) is 6.94. The Morgan fingerprint density at radius 3 is 1.75 bits per heavy atom. The number of unbranched alkanes of at least 4 members (excludes halogenated alkanes) is 1. The summed E-state index contributed by atoms with van der Waals surface area (Å²) in [6, 6.07) is 33.0. The highest BCUT2D eigenvalue weighted by Gasteiger charge is 2.52. The molecule has 1 aliphatic rings. The van der Waals surface area contributed by atoms with Crippen molar-refractivity contribution in [1.29, 1.82) is 0 Å². The average Bonchev–Trinajstić information content (AvgIpc) is 3.39. The van der Waals surface area contributed by atoms with Gasteiger partial charge in [0, 0.05) is 19.5 Å². The molecular weight excluding hydrogens is 681 g/mol. The molecule has 1 saturated heterocycles. The van der Waals surface area contributed by atoms with Gasteiger partial charge in [0.1, 0.15) is 6.61 Å². The van der Waals surface area contributed by atoms with Gasteiger partial charge in [-0.2, -0.15) is 0 Å². The zero-order valence-electron chi connectivity index (χ0n) is 33.1. The van der Waals surface area contributed by atoms with Crippen LogP contribution in [0.4, 0.5) is 4.79 Å². The first-order valence-corrected chi connectivity index (χ1v) is 24.9. The summed E-state index contributed by atoms with van der Waals surface area (Å²) >= 11 is 0. The summed E-state index contributed by atoms with van der Waals surface area (Å²) in [5, 5.41) is 0.0266. The smallest absolute Gasteiger partial charge is 0.321 e. The Balaban J connectivity index is 1.68. The van der Waals surface area contributed by atoms with Crippen LogP contribution in [-0.2, 0) is 38.1 Å². The predicted octanol–water partition coefficient (Wildman–Crippen LogP) is 10.6. The second-order valence-electron chi connectivity index (χ2n) is 15.9. The molecule has 52 heavy (non-hydrogen) atoms. The summed E-state index contributed by atoms with van der Waals surface area (Å²) in [7, 11) is -4.28. The quantitative estimate of drug-likeness (QED) is 0.0655. The normalized spacial score (nSPS) is 17.4. The molecule has 3 atom stereocenters. The Labute approximate surface area is 316 Å². The monoisotopic (exact) mass is 744 g/mol. The van der Waals surface area contributed by atoms with Crippen molar-refractivity contribution in [2.45, 2.75) is 141 Å². The molecule has 3 aromatic carbocycles. The van der Waals surface area contributed by atoms with E-state index in [1.54, 1.807) is 0 Å². The fourth-order valence-corrected chi connectivity index (χ4v) is 10.9. The lowest BCUT2D eigenvalue weighted by molar-refractivity contribution is -0.145. The van der Waals surface area contributed by atoms with E-state index >= 15 is 0 Å². The predicted molar refractivity (Wildman–Crippen MR) is 217 cm³/mol. The Bertz CT molecular complexity index is 1500. The Morgan fingerprint density at radius 1 is 0.750 bits per heavy atom. The van der Waals surface area contributed by atoms with Gasteiger partial charge in [-0.3, -0.25) is 4.79 Å². The SMILES string of the molecule is CC[Si](CC)(CC)OC(CCCCC(=O)OCc1ccccc1)C1C(CO[Si](C)(C)C(C)(C)C)N(Cc2ccccc2)C(=O)N1Cc1ccccc1. The van der Waals surface area contributed by atoms with Crippen LogP contribution in [0.2, 0.25) is 36.3 Å².